The highest BCUT2D eigenvalue weighted by Crippen LogP contribution is 2.27. The molecule has 7 heteroatoms. The van der Waals surface area contributed by atoms with Gasteiger partial charge in [0.05, 0.1) is 22.3 Å². The summed E-state index contributed by atoms with van der Waals surface area (Å²) < 4.78 is 1.58. The average Bonchev–Trinajstić information content (AvgIpc) is 2.84. The van der Waals surface area contributed by atoms with Crippen LogP contribution in [-0.4, -0.2) is 32.7 Å². The molecule has 1 aliphatic rings. The highest BCUT2D eigenvalue weighted by atomic mass is 35.5. The Labute approximate surface area is 201 Å². The highest BCUT2D eigenvalue weighted by molar-refractivity contribution is 7.99. The molecule has 33 heavy (non-hydrogen) atoms. The largest absolute Gasteiger partial charge is 0.337 e. The Balaban J connectivity index is 1.48. The van der Waals surface area contributed by atoms with E-state index < -0.39 is 0 Å². The molecule has 0 bridgehead atoms. The molecule has 0 atom stereocenters. The van der Waals surface area contributed by atoms with E-state index in [4.69, 9.17) is 16.6 Å². The summed E-state index contributed by atoms with van der Waals surface area (Å²) in [6.45, 7) is 3.19. The van der Waals surface area contributed by atoms with E-state index >= 15 is 0 Å². The standard InChI is InChI=1S/C26H22ClN3O2S/c1-17-21(27)10-6-12-23(17)30-25(32)20-9-4-5-11-22(20)28-26(30)33-16-24(31)29-14-13-18-7-2-3-8-19(18)15-29/h2-12H,13-16H2,1H3. The number of fused-ring (bicyclic) bond motifs is 2. The fourth-order valence-electron chi connectivity index (χ4n) is 4.19. The van der Waals surface area contributed by atoms with Crippen LogP contribution in [0, 0.1) is 6.92 Å². The Morgan fingerprint density at radius 3 is 2.64 bits per heavy atom. The third-order valence-corrected chi connectivity index (χ3v) is 7.37. The van der Waals surface area contributed by atoms with Gasteiger partial charge in [0.2, 0.25) is 5.91 Å². The predicted molar refractivity (Wildman–Crippen MR) is 133 cm³/mol. The second-order valence-electron chi connectivity index (χ2n) is 8.06. The summed E-state index contributed by atoms with van der Waals surface area (Å²) in [4.78, 5) is 33.2. The second kappa shape index (κ2) is 9.04. The molecule has 1 amide bonds. The van der Waals surface area contributed by atoms with Crippen molar-refractivity contribution in [2.75, 3.05) is 12.3 Å². The smallest absolute Gasteiger partial charge is 0.266 e. The molecule has 5 rings (SSSR count). The lowest BCUT2D eigenvalue weighted by Gasteiger charge is -2.28. The summed E-state index contributed by atoms with van der Waals surface area (Å²) in [5.41, 5.74) is 4.40. The van der Waals surface area contributed by atoms with Crippen LogP contribution >= 0.6 is 23.4 Å². The van der Waals surface area contributed by atoms with Crippen molar-refractivity contribution in [1.29, 1.82) is 0 Å². The summed E-state index contributed by atoms with van der Waals surface area (Å²) in [6.07, 6.45) is 0.854. The first-order valence-electron chi connectivity index (χ1n) is 10.8. The van der Waals surface area contributed by atoms with E-state index in [1.165, 1.54) is 22.9 Å². The van der Waals surface area contributed by atoms with Crippen molar-refractivity contribution in [2.24, 2.45) is 0 Å². The molecule has 0 spiro atoms. The van der Waals surface area contributed by atoms with Crippen LogP contribution in [0.2, 0.25) is 5.02 Å². The van der Waals surface area contributed by atoms with Gasteiger partial charge < -0.3 is 4.90 Å². The molecular formula is C26H22ClN3O2S. The number of thioether (sulfide) groups is 1. The van der Waals surface area contributed by atoms with Crippen LogP contribution in [0.3, 0.4) is 0 Å². The van der Waals surface area contributed by atoms with E-state index in [0.29, 0.717) is 39.9 Å². The van der Waals surface area contributed by atoms with Gasteiger partial charge in [0.1, 0.15) is 0 Å². The molecule has 5 nitrogen and oxygen atoms in total. The fourth-order valence-corrected chi connectivity index (χ4v) is 5.26. The Bertz CT molecular complexity index is 1430. The zero-order chi connectivity index (χ0) is 22.9. The Morgan fingerprint density at radius 1 is 1.03 bits per heavy atom. The predicted octanol–water partition coefficient (Wildman–Crippen LogP) is 5.02. The monoisotopic (exact) mass is 475 g/mol. The lowest BCUT2D eigenvalue weighted by atomic mass is 10.00. The summed E-state index contributed by atoms with van der Waals surface area (Å²) in [5, 5.41) is 1.58. The highest BCUT2D eigenvalue weighted by Gasteiger charge is 2.22. The van der Waals surface area contributed by atoms with Crippen molar-refractivity contribution in [1.82, 2.24) is 14.5 Å². The number of amides is 1. The van der Waals surface area contributed by atoms with Gasteiger partial charge in [-0.15, -0.1) is 0 Å². The van der Waals surface area contributed by atoms with Crippen molar-refractivity contribution in [3.05, 3.63) is 98.8 Å². The minimum atomic E-state index is -0.173. The van der Waals surface area contributed by atoms with Crippen LogP contribution in [0.5, 0.6) is 0 Å². The van der Waals surface area contributed by atoms with Crippen LogP contribution in [-0.2, 0) is 17.8 Å². The SMILES string of the molecule is Cc1c(Cl)cccc1-n1c(SCC(=O)N2CCc3ccccc3C2)nc2ccccc2c1=O. The molecule has 0 fully saturated rings. The molecule has 0 unspecified atom stereocenters. The number of carbonyl (C=O) groups excluding carboxylic acids is 1. The molecular weight excluding hydrogens is 454 g/mol. The molecule has 3 aromatic carbocycles. The van der Waals surface area contributed by atoms with Gasteiger partial charge in [-0.3, -0.25) is 14.2 Å². The van der Waals surface area contributed by atoms with Crippen LogP contribution < -0.4 is 5.56 Å². The van der Waals surface area contributed by atoms with Crippen molar-refractivity contribution >= 4 is 40.2 Å². The lowest BCUT2D eigenvalue weighted by Crippen LogP contribution is -2.37. The molecule has 1 aromatic heterocycles. The first-order valence-corrected chi connectivity index (χ1v) is 12.1. The first kappa shape index (κ1) is 21.7. The molecule has 0 saturated heterocycles. The van der Waals surface area contributed by atoms with Crippen LogP contribution in [0.15, 0.2) is 76.7 Å². The van der Waals surface area contributed by atoms with Gasteiger partial charge in [-0.2, -0.15) is 0 Å². The molecule has 0 radical (unpaired) electrons. The summed E-state index contributed by atoms with van der Waals surface area (Å²) in [6, 6.07) is 21.0. The van der Waals surface area contributed by atoms with Gasteiger partial charge in [-0.1, -0.05) is 65.8 Å². The van der Waals surface area contributed by atoms with Crippen molar-refractivity contribution in [3.63, 3.8) is 0 Å². The third-order valence-electron chi connectivity index (χ3n) is 6.03. The number of hydrogen-bond donors (Lipinski definition) is 0. The van der Waals surface area contributed by atoms with E-state index in [1.54, 1.807) is 16.7 Å². The van der Waals surface area contributed by atoms with Gasteiger partial charge in [0.15, 0.2) is 5.16 Å². The number of hydrogen-bond acceptors (Lipinski definition) is 4. The van der Waals surface area contributed by atoms with E-state index in [-0.39, 0.29) is 17.2 Å². The molecule has 0 saturated carbocycles. The Morgan fingerprint density at radius 2 is 1.79 bits per heavy atom. The fraction of sp³-hybridized carbons (Fsp3) is 0.192. The maximum atomic E-state index is 13.5. The summed E-state index contributed by atoms with van der Waals surface area (Å²) >= 11 is 7.64. The van der Waals surface area contributed by atoms with Crippen LogP contribution in [0.25, 0.3) is 16.6 Å². The number of nitrogens with zero attached hydrogens (tertiary/aromatic N) is 3. The zero-order valence-corrected chi connectivity index (χ0v) is 19.7. The number of benzene rings is 3. The van der Waals surface area contributed by atoms with E-state index in [0.717, 1.165) is 12.0 Å². The first-order chi connectivity index (χ1) is 16.0. The van der Waals surface area contributed by atoms with Gasteiger partial charge in [0, 0.05) is 18.1 Å². The number of carbonyl (C=O) groups is 1. The van der Waals surface area contributed by atoms with Crippen LogP contribution in [0.4, 0.5) is 0 Å². The third kappa shape index (κ3) is 4.16. The van der Waals surface area contributed by atoms with E-state index in [2.05, 4.69) is 12.1 Å². The average molecular weight is 476 g/mol. The molecule has 4 aromatic rings. The molecule has 1 aliphatic heterocycles. The number of halogens is 1. The molecule has 0 aliphatic carbocycles. The quantitative estimate of drug-likeness (QED) is 0.307. The van der Waals surface area contributed by atoms with Crippen molar-refractivity contribution < 1.29 is 4.79 Å². The molecule has 0 N–H and O–H groups in total. The van der Waals surface area contributed by atoms with Crippen LogP contribution in [0.1, 0.15) is 16.7 Å². The van der Waals surface area contributed by atoms with Gasteiger partial charge in [0.25, 0.3) is 5.56 Å². The molecule has 166 valence electrons. The Kier molecular flexibility index (Phi) is 5.96. The van der Waals surface area contributed by atoms with Gasteiger partial charge >= 0.3 is 0 Å². The maximum Gasteiger partial charge on any atom is 0.266 e. The Hall–Kier alpha value is -3.09. The topological polar surface area (TPSA) is 55.2 Å². The van der Waals surface area contributed by atoms with E-state index in [1.807, 2.05) is 54.3 Å². The number of para-hydroxylation sites is 1. The second-order valence-corrected chi connectivity index (χ2v) is 9.41. The normalized spacial score (nSPS) is 13.2. The summed E-state index contributed by atoms with van der Waals surface area (Å²) in [5.74, 6) is 0.235. The van der Waals surface area contributed by atoms with Crippen molar-refractivity contribution in [2.45, 2.75) is 25.0 Å². The zero-order valence-electron chi connectivity index (χ0n) is 18.1. The number of aromatic nitrogens is 2. The van der Waals surface area contributed by atoms with Crippen molar-refractivity contribution in [3.8, 4) is 5.69 Å². The molecule has 2 heterocycles. The maximum absolute atomic E-state index is 13.5. The minimum absolute atomic E-state index is 0.0336. The van der Waals surface area contributed by atoms with E-state index in [9.17, 15) is 9.59 Å². The van der Waals surface area contributed by atoms with Gasteiger partial charge in [-0.05, 0) is 54.3 Å². The van der Waals surface area contributed by atoms with Gasteiger partial charge in [-0.25, -0.2) is 4.98 Å². The summed E-state index contributed by atoms with van der Waals surface area (Å²) in [7, 11) is 0. The minimum Gasteiger partial charge on any atom is -0.337 e. The lowest BCUT2D eigenvalue weighted by molar-refractivity contribution is -0.129. The number of rotatable bonds is 4.